The minimum atomic E-state index is -2.08. The Kier molecular flexibility index (Phi) is 5.81. The second-order valence-electron chi connectivity index (χ2n) is 4.74. The molecular formula is C11H27NO3Si2. The zero-order valence-electron chi connectivity index (χ0n) is 11.9. The molecule has 102 valence electrons. The van der Waals surface area contributed by atoms with Crippen LogP contribution < -0.4 is 0 Å². The smallest absolute Gasteiger partial charge is 0.419 e. The Balaban J connectivity index is 2.78. The quantitative estimate of drug-likeness (QED) is 0.667. The van der Waals surface area contributed by atoms with E-state index >= 15 is 0 Å². The van der Waals surface area contributed by atoms with Gasteiger partial charge in [-0.25, -0.2) is 0 Å². The summed E-state index contributed by atoms with van der Waals surface area (Å²) in [5.74, 6) is 0. The van der Waals surface area contributed by atoms with Crippen LogP contribution in [-0.4, -0.2) is 55.6 Å². The zero-order valence-corrected chi connectivity index (χ0v) is 13.9. The van der Waals surface area contributed by atoms with Gasteiger partial charge in [0.2, 0.25) is 8.32 Å². The molecule has 1 heterocycles. The Labute approximate surface area is 108 Å². The van der Waals surface area contributed by atoms with Crippen molar-refractivity contribution in [2.75, 3.05) is 34.0 Å². The van der Waals surface area contributed by atoms with Gasteiger partial charge in [-0.3, -0.25) is 4.57 Å². The van der Waals surface area contributed by atoms with E-state index in [-0.39, 0.29) is 0 Å². The summed E-state index contributed by atoms with van der Waals surface area (Å²) in [4.78, 5) is 0. The molecule has 0 aromatic rings. The zero-order chi connectivity index (χ0) is 12.9. The number of hydrogen-bond donors (Lipinski definition) is 0. The summed E-state index contributed by atoms with van der Waals surface area (Å²) in [5.41, 5.74) is 0. The molecule has 0 N–H and O–H groups in total. The van der Waals surface area contributed by atoms with Crippen LogP contribution in [0, 0.1) is 0 Å². The van der Waals surface area contributed by atoms with Gasteiger partial charge in [-0.2, -0.15) is 0 Å². The van der Waals surface area contributed by atoms with E-state index in [1.165, 1.54) is 6.42 Å². The van der Waals surface area contributed by atoms with Crippen molar-refractivity contribution < 1.29 is 13.3 Å². The molecule has 1 aliphatic heterocycles. The maximum atomic E-state index is 5.89. The number of rotatable bonds is 7. The minimum Gasteiger partial charge on any atom is -0.419 e. The third-order valence-corrected chi connectivity index (χ3v) is 12.6. The van der Waals surface area contributed by atoms with Gasteiger partial charge in [-0.15, -0.1) is 0 Å². The Morgan fingerprint density at radius 3 is 2.12 bits per heavy atom. The van der Waals surface area contributed by atoms with Crippen molar-refractivity contribution in [2.24, 2.45) is 0 Å². The molecule has 4 nitrogen and oxygen atoms in total. The van der Waals surface area contributed by atoms with Crippen molar-refractivity contribution in [2.45, 2.75) is 38.4 Å². The molecule has 0 aromatic carbocycles. The van der Waals surface area contributed by atoms with Gasteiger partial charge < -0.3 is 13.3 Å². The molecule has 17 heavy (non-hydrogen) atoms. The van der Waals surface area contributed by atoms with Gasteiger partial charge in [0.05, 0.1) is 0 Å². The Bertz CT molecular complexity index is 224. The van der Waals surface area contributed by atoms with E-state index in [0.29, 0.717) is 0 Å². The summed E-state index contributed by atoms with van der Waals surface area (Å²) in [7, 11) is 1.78. The van der Waals surface area contributed by atoms with Crippen molar-refractivity contribution in [3.63, 3.8) is 0 Å². The van der Waals surface area contributed by atoms with Crippen LogP contribution >= 0.6 is 0 Å². The number of nitrogens with zero attached hydrogens (tertiary/aromatic N) is 1. The average Bonchev–Trinajstić information content (AvgIpc) is 2.79. The van der Waals surface area contributed by atoms with Gasteiger partial charge in [-0.05, 0) is 25.1 Å². The Morgan fingerprint density at radius 2 is 1.71 bits per heavy atom. The van der Waals surface area contributed by atoms with Crippen LogP contribution in [0.5, 0.6) is 0 Å². The van der Waals surface area contributed by atoms with E-state index in [1.54, 1.807) is 14.2 Å². The van der Waals surface area contributed by atoms with Crippen molar-refractivity contribution >= 4 is 17.0 Å². The monoisotopic (exact) mass is 277 g/mol. The molecule has 0 aromatic heterocycles. The lowest BCUT2D eigenvalue weighted by Gasteiger charge is -2.38. The predicted molar refractivity (Wildman–Crippen MR) is 74.5 cm³/mol. The molecule has 6 heteroatoms. The lowest BCUT2D eigenvalue weighted by atomic mass is 10.5. The molecule has 0 atom stereocenters. The van der Waals surface area contributed by atoms with E-state index < -0.39 is 17.0 Å². The molecule has 0 bridgehead atoms. The summed E-state index contributed by atoms with van der Waals surface area (Å²) in [6, 6.07) is 3.41. The van der Waals surface area contributed by atoms with E-state index in [4.69, 9.17) is 13.3 Å². The first-order valence-electron chi connectivity index (χ1n) is 6.52. The van der Waals surface area contributed by atoms with Gasteiger partial charge in [0, 0.05) is 33.5 Å². The Morgan fingerprint density at radius 1 is 1.12 bits per heavy atom. The maximum Gasteiger partial charge on any atom is 0.427 e. The fraction of sp³-hybridized carbons (Fsp3) is 1.00. The topological polar surface area (TPSA) is 30.9 Å². The SMILES string of the molecule is CC[Si](CC)(CN1CCC[Si]1(OC)OC)OC. The van der Waals surface area contributed by atoms with Crippen LogP contribution in [0.25, 0.3) is 0 Å². The summed E-state index contributed by atoms with van der Waals surface area (Å²) in [6.45, 7) is 5.60. The van der Waals surface area contributed by atoms with Crippen LogP contribution in [0.3, 0.4) is 0 Å². The number of hydrogen-bond acceptors (Lipinski definition) is 4. The van der Waals surface area contributed by atoms with E-state index in [1.807, 2.05) is 7.11 Å². The van der Waals surface area contributed by atoms with Gasteiger partial charge in [0.15, 0.2) is 0 Å². The first-order valence-corrected chi connectivity index (χ1v) is 11.0. The van der Waals surface area contributed by atoms with Crippen molar-refractivity contribution in [3.05, 3.63) is 0 Å². The fourth-order valence-corrected chi connectivity index (χ4v) is 9.59. The lowest BCUT2D eigenvalue weighted by Crippen LogP contribution is -2.60. The molecule has 0 amide bonds. The molecule has 1 aliphatic rings. The van der Waals surface area contributed by atoms with Gasteiger partial charge in [-0.1, -0.05) is 13.8 Å². The van der Waals surface area contributed by atoms with Crippen molar-refractivity contribution in [3.8, 4) is 0 Å². The summed E-state index contributed by atoms with van der Waals surface area (Å²) < 4.78 is 19.9. The highest BCUT2D eigenvalue weighted by atomic mass is 28.4. The normalized spacial score (nSPS) is 21.0. The highest BCUT2D eigenvalue weighted by Gasteiger charge is 2.50. The largest absolute Gasteiger partial charge is 0.427 e. The summed E-state index contributed by atoms with van der Waals surface area (Å²) in [5, 5.41) is 0. The van der Waals surface area contributed by atoms with Crippen LogP contribution in [0.2, 0.25) is 18.1 Å². The molecule has 0 saturated carbocycles. The average molecular weight is 278 g/mol. The second-order valence-corrected chi connectivity index (χ2v) is 12.6. The standard InChI is InChI=1S/C11H27NO3Si2/c1-6-16(7-2,13-3)11-12-9-8-10-17(12,14-4)15-5/h6-11H2,1-5H3. The summed E-state index contributed by atoms with van der Waals surface area (Å²) in [6.07, 6.45) is 2.25. The molecule has 0 unspecified atom stereocenters. The van der Waals surface area contributed by atoms with Crippen LogP contribution in [0.15, 0.2) is 0 Å². The third-order valence-electron chi connectivity index (χ3n) is 4.24. The highest BCUT2D eigenvalue weighted by molar-refractivity contribution is 6.76. The maximum absolute atomic E-state index is 5.89. The van der Waals surface area contributed by atoms with Crippen LogP contribution in [0.4, 0.5) is 0 Å². The molecule has 0 aliphatic carbocycles. The van der Waals surface area contributed by atoms with E-state index in [0.717, 1.165) is 30.8 Å². The molecule has 0 spiro atoms. The molecule has 1 fully saturated rings. The second kappa shape index (κ2) is 6.44. The van der Waals surface area contributed by atoms with E-state index in [9.17, 15) is 0 Å². The third kappa shape index (κ3) is 2.99. The summed E-state index contributed by atoms with van der Waals surface area (Å²) >= 11 is 0. The minimum absolute atomic E-state index is 1.06. The van der Waals surface area contributed by atoms with Crippen molar-refractivity contribution in [1.29, 1.82) is 0 Å². The molecule has 1 saturated heterocycles. The predicted octanol–water partition coefficient (Wildman–Crippen LogP) is 2.09. The highest BCUT2D eigenvalue weighted by Crippen LogP contribution is 2.30. The van der Waals surface area contributed by atoms with Crippen LogP contribution in [0.1, 0.15) is 20.3 Å². The molecule has 1 rings (SSSR count). The Hall–Kier alpha value is 0.274. The first-order chi connectivity index (χ1) is 8.12. The lowest BCUT2D eigenvalue weighted by molar-refractivity contribution is 0.187. The first kappa shape index (κ1) is 15.3. The fourth-order valence-electron chi connectivity index (χ4n) is 2.74. The van der Waals surface area contributed by atoms with Gasteiger partial charge in [0.1, 0.15) is 0 Å². The van der Waals surface area contributed by atoms with Gasteiger partial charge in [0.25, 0.3) is 0 Å². The van der Waals surface area contributed by atoms with Gasteiger partial charge >= 0.3 is 8.72 Å². The molecular weight excluding hydrogens is 250 g/mol. The van der Waals surface area contributed by atoms with Crippen molar-refractivity contribution in [1.82, 2.24) is 4.57 Å². The van der Waals surface area contributed by atoms with E-state index in [2.05, 4.69) is 18.4 Å². The van der Waals surface area contributed by atoms with Crippen LogP contribution in [-0.2, 0) is 13.3 Å². The molecule has 0 radical (unpaired) electrons.